The number of ether oxygens (including phenoxy) is 3. The molecule has 0 aliphatic rings. The lowest BCUT2D eigenvalue weighted by molar-refractivity contribution is -0.167. The standard InChI is InChI=1S/C62H112O6/c1-4-7-10-13-16-19-22-25-27-29-31-33-34-37-40-43-46-49-52-55-61(64)67-58-59(57-66-60(63)54-51-48-45-42-39-36-24-21-18-15-12-9-6-3)68-62(65)56-53-50-47-44-41-38-35-32-30-28-26-23-20-17-14-11-8-5-2/h28-32,35-36,39,59H,4-27,33-34,37-38,40-58H2,1-3H3/b30-28-,31-29-,35-32-,39-36-. The Morgan fingerprint density at radius 2 is 0.529 bits per heavy atom. The van der Waals surface area contributed by atoms with E-state index in [1.54, 1.807) is 0 Å². The Hall–Kier alpha value is -2.63. The molecule has 0 fully saturated rings. The fourth-order valence-corrected chi connectivity index (χ4v) is 8.54. The SMILES string of the molecule is CCCCCCCC/C=C\CCCCCC(=O)OCC(COC(=O)CCCCCCCCC/C=C\CCCCCCCCCC)OC(=O)CCCCCCC/C=C\C=C/CCCCCCCCC. The summed E-state index contributed by atoms with van der Waals surface area (Å²) in [5.74, 6) is -0.907. The Morgan fingerprint density at radius 1 is 0.294 bits per heavy atom. The molecule has 1 unspecified atom stereocenters. The van der Waals surface area contributed by atoms with Gasteiger partial charge in [-0.3, -0.25) is 14.4 Å². The van der Waals surface area contributed by atoms with Crippen molar-refractivity contribution in [1.29, 1.82) is 0 Å². The molecule has 0 aromatic rings. The number of rotatable bonds is 54. The lowest BCUT2D eigenvalue weighted by Gasteiger charge is -2.18. The monoisotopic (exact) mass is 953 g/mol. The molecular formula is C62H112O6. The Balaban J connectivity index is 4.38. The summed E-state index contributed by atoms with van der Waals surface area (Å²) in [4.78, 5) is 38.2. The zero-order valence-electron chi connectivity index (χ0n) is 45.4. The summed E-state index contributed by atoms with van der Waals surface area (Å²) in [6.07, 6.45) is 69.6. The smallest absolute Gasteiger partial charge is 0.306 e. The van der Waals surface area contributed by atoms with Gasteiger partial charge < -0.3 is 14.2 Å². The number of hydrogen-bond donors (Lipinski definition) is 0. The second-order valence-electron chi connectivity index (χ2n) is 19.9. The number of allylic oxidation sites excluding steroid dienone is 8. The molecule has 396 valence electrons. The minimum atomic E-state index is -0.788. The first-order valence-electron chi connectivity index (χ1n) is 29.7. The van der Waals surface area contributed by atoms with Gasteiger partial charge in [-0.15, -0.1) is 0 Å². The molecule has 0 aliphatic carbocycles. The van der Waals surface area contributed by atoms with E-state index >= 15 is 0 Å². The number of esters is 3. The van der Waals surface area contributed by atoms with Crippen LogP contribution >= 0.6 is 0 Å². The van der Waals surface area contributed by atoms with Gasteiger partial charge in [-0.1, -0.05) is 243 Å². The van der Waals surface area contributed by atoms with Crippen LogP contribution in [0.4, 0.5) is 0 Å². The van der Waals surface area contributed by atoms with Crippen LogP contribution in [0.3, 0.4) is 0 Å². The second kappa shape index (κ2) is 57.0. The van der Waals surface area contributed by atoms with Gasteiger partial charge in [-0.2, -0.15) is 0 Å². The van der Waals surface area contributed by atoms with Gasteiger partial charge in [0, 0.05) is 19.3 Å². The van der Waals surface area contributed by atoms with Crippen LogP contribution in [0.2, 0.25) is 0 Å². The minimum absolute atomic E-state index is 0.0850. The highest BCUT2D eigenvalue weighted by Crippen LogP contribution is 2.15. The van der Waals surface area contributed by atoms with E-state index in [1.807, 2.05) is 0 Å². The summed E-state index contributed by atoms with van der Waals surface area (Å²) in [6, 6.07) is 0. The number of carbonyl (C=O) groups is 3. The molecule has 1 atom stereocenters. The van der Waals surface area contributed by atoms with Gasteiger partial charge in [0.2, 0.25) is 0 Å². The number of hydrogen-bond acceptors (Lipinski definition) is 6. The third-order valence-electron chi connectivity index (χ3n) is 13.1. The van der Waals surface area contributed by atoms with Gasteiger partial charge in [0.05, 0.1) is 0 Å². The van der Waals surface area contributed by atoms with Crippen molar-refractivity contribution in [3.05, 3.63) is 48.6 Å². The van der Waals surface area contributed by atoms with Crippen LogP contribution < -0.4 is 0 Å². The van der Waals surface area contributed by atoms with E-state index in [1.165, 1.54) is 180 Å². The fraction of sp³-hybridized carbons (Fsp3) is 0.823. The van der Waals surface area contributed by atoms with E-state index in [4.69, 9.17) is 14.2 Å². The highest BCUT2D eigenvalue weighted by atomic mass is 16.6. The van der Waals surface area contributed by atoms with Crippen LogP contribution in [0.1, 0.15) is 310 Å². The molecule has 0 heterocycles. The predicted molar refractivity (Wildman–Crippen MR) is 293 cm³/mol. The molecule has 0 aromatic heterocycles. The van der Waals surface area contributed by atoms with Crippen LogP contribution in [-0.2, 0) is 28.6 Å². The fourth-order valence-electron chi connectivity index (χ4n) is 8.54. The van der Waals surface area contributed by atoms with Gasteiger partial charge in [0.25, 0.3) is 0 Å². The quantitative estimate of drug-likeness (QED) is 0.0199. The van der Waals surface area contributed by atoms with Gasteiger partial charge in [0.1, 0.15) is 13.2 Å². The van der Waals surface area contributed by atoms with Crippen molar-refractivity contribution in [3.8, 4) is 0 Å². The summed E-state index contributed by atoms with van der Waals surface area (Å²) in [5.41, 5.74) is 0. The summed E-state index contributed by atoms with van der Waals surface area (Å²) in [7, 11) is 0. The van der Waals surface area contributed by atoms with Crippen LogP contribution in [0.5, 0.6) is 0 Å². The van der Waals surface area contributed by atoms with Gasteiger partial charge in [-0.05, 0) is 96.3 Å². The molecule has 0 saturated heterocycles. The molecular weight excluding hydrogens is 841 g/mol. The van der Waals surface area contributed by atoms with Crippen LogP contribution in [0, 0.1) is 0 Å². The molecule has 0 N–H and O–H groups in total. The first-order valence-corrected chi connectivity index (χ1v) is 29.7. The molecule has 0 spiro atoms. The summed E-state index contributed by atoms with van der Waals surface area (Å²) in [6.45, 7) is 6.63. The average Bonchev–Trinajstić information content (AvgIpc) is 3.34. The zero-order valence-corrected chi connectivity index (χ0v) is 45.4. The van der Waals surface area contributed by atoms with Crippen LogP contribution in [-0.4, -0.2) is 37.2 Å². The summed E-state index contributed by atoms with van der Waals surface area (Å²) < 4.78 is 16.9. The van der Waals surface area contributed by atoms with Crippen molar-refractivity contribution >= 4 is 17.9 Å². The van der Waals surface area contributed by atoms with E-state index in [2.05, 4.69) is 69.4 Å². The molecule has 6 heteroatoms. The van der Waals surface area contributed by atoms with Gasteiger partial charge in [0.15, 0.2) is 6.10 Å². The van der Waals surface area contributed by atoms with E-state index in [0.29, 0.717) is 19.3 Å². The molecule has 0 rings (SSSR count). The van der Waals surface area contributed by atoms with Gasteiger partial charge >= 0.3 is 17.9 Å². The summed E-state index contributed by atoms with van der Waals surface area (Å²) >= 11 is 0. The minimum Gasteiger partial charge on any atom is -0.462 e. The zero-order chi connectivity index (χ0) is 49.3. The largest absolute Gasteiger partial charge is 0.462 e. The van der Waals surface area contributed by atoms with E-state index in [-0.39, 0.29) is 31.1 Å². The first-order chi connectivity index (χ1) is 33.5. The normalized spacial score (nSPS) is 12.3. The van der Waals surface area contributed by atoms with Crippen molar-refractivity contribution in [3.63, 3.8) is 0 Å². The van der Waals surface area contributed by atoms with Gasteiger partial charge in [-0.25, -0.2) is 0 Å². The highest BCUT2D eigenvalue weighted by Gasteiger charge is 2.19. The Morgan fingerprint density at radius 3 is 0.838 bits per heavy atom. The van der Waals surface area contributed by atoms with Crippen molar-refractivity contribution in [2.75, 3.05) is 13.2 Å². The van der Waals surface area contributed by atoms with E-state index in [9.17, 15) is 14.4 Å². The predicted octanol–water partition coefficient (Wildman–Crippen LogP) is 19.8. The van der Waals surface area contributed by atoms with E-state index in [0.717, 1.165) is 89.9 Å². The molecule has 0 saturated carbocycles. The second-order valence-corrected chi connectivity index (χ2v) is 19.9. The Bertz CT molecular complexity index is 1190. The molecule has 0 aromatic carbocycles. The molecule has 68 heavy (non-hydrogen) atoms. The lowest BCUT2D eigenvalue weighted by Crippen LogP contribution is -2.30. The third-order valence-corrected chi connectivity index (χ3v) is 13.1. The maximum absolute atomic E-state index is 12.9. The van der Waals surface area contributed by atoms with Crippen LogP contribution in [0.25, 0.3) is 0 Å². The number of carbonyl (C=O) groups excluding carboxylic acids is 3. The van der Waals surface area contributed by atoms with Crippen molar-refractivity contribution in [2.45, 2.75) is 316 Å². The molecule has 0 aliphatic heterocycles. The highest BCUT2D eigenvalue weighted by molar-refractivity contribution is 5.71. The van der Waals surface area contributed by atoms with Crippen molar-refractivity contribution < 1.29 is 28.6 Å². The first kappa shape index (κ1) is 65.4. The third kappa shape index (κ3) is 54.3. The average molecular weight is 954 g/mol. The molecule has 0 bridgehead atoms. The lowest BCUT2D eigenvalue weighted by atomic mass is 10.1. The number of unbranched alkanes of at least 4 members (excludes halogenated alkanes) is 36. The maximum Gasteiger partial charge on any atom is 0.306 e. The van der Waals surface area contributed by atoms with Crippen molar-refractivity contribution in [1.82, 2.24) is 0 Å². The Kier molecular flexibility index (Phi) is 54.8. The molecule has 0 radical (unpaired) electrons. The van der Waals surface area contributed by atoms with E-state index < -0.39 is 6.10 Å². The van der Waals surface area contributed by atoms with Crippen molar-refractivity contribution in [2.24, 2.45) is 0 Å². The molecule has 0 amide bonds. The summed E-state index contributed by atoms with van der Waals surface area (Å²) in [5, 5.41) is 0. The maximum atomic E-state index is 12.9. The van der Waals surface area contributed by atoms with Crippen LogP contribution in [0.15, 0.2) is 48.6 Å². The Labute approximate surface area is 422 Å². The molecule has 6 nitrogen and oxygen atoms in total. The topological polar surface area (TPSA) is 78.9 Å².